The van der Waals surface area contributed by atoms with Gasteiger partial charge in [0.15, 0.2) is 0 Å². The van der Waals surface area contributed by atoms with Crippen molar-refractivity contribution < 1.29 is 4.39 Å². The van der Waals surface area contributed by atoms with Crippen LogP contribution in [0.1, 0.15) is 32.2 Å². The summed E-state index contributed by atoms with van der Waals surface area (Å²) in [5, 5.41) is 0. The van der Waals surface area contributed by atoms with Crippen molar-refractivity contribution in [3.63, 3.8) is 0 Å². The van der Waals surface area contributed by atoms with E-state index in [1.165, 1.54) is 12.1 Å². The Labute approximate surface area is 111 Å². The molecule has 0 fully saturated rings. The van der Waals surface area contributed by atoms with Gasteiger partial charge >= 0.3 is 0 Å². The fourth-order valence-electron chi connectivity index (χ4n) is 1.78. The SMILES string of the molecule is Cc1c(-c2ccc(F)cc2)nc(C(C)(C)C)[nH]c1=O. The largest absolute Gasteiger partial charge is 0.310 e. The van der Waals surface area contributed by atoms with E-state index < -0.39 is 0 Å². The maximum absolute atomic E-state index is 13.0. The highest BCUT2D eigenvalue weighted by molar-refractivity contribution is 5.62. The number of halogens is 1. The van der Waals surface area contributed by atoms with Crippen LogP contribution in [0, 0.1) is 12.7 Å². The highest BCUT2D eigenvalue weighted by Crippen LogP contribution is 2.23. The second-order valence-electron chi connectivity index (χ2n) is 5.65. The number of H-pyrrole nitrogens is 1. The highest BCUT2D eigenvalue weighted by Gasteiger charge is 2.19. The molecule has 19 heavy (non-hydrogen) atoms. The van der Waals surface area contributed by atoms with E-state index in [0.717, 1.165) is 5.56 Å². The van der Waals surface area contributed by atoms with E-state index in [9.17, 15) is 9.18 Å². The Balaban J connectivity index is 2.66. The van der Waals surface area contributed by atoms with Gasteiger partial charge < -0.3 is 4.98 Å². The van der Waals surface area contributed by atoms with Crippen molar-refractivity contribution >= 4 is 0 Å². The molecule has 1 aromatic carbocycles. The summed E-state index contributed by atoms with van der Waals surface area (Å²) in [6.45, 7) is 7.66. The molecule has 2 aromatic rings. The van der Waals surface area contributed by atoms with E-state index in [4.69, 9.17) is 0 Å². The second kappa shape index (κ2) is 4.61. The maximum atomic E-state index is 13.0. The molecule has 1 N–H and O–H groups in total. The number of nitrogens with zero attached hydrogens (tertiary/aromatic N) is 1. The van der Waals surface area contributed by atoms with Crippen LogP contribution in [-0.4, -0.2) is 9.97 Å². The topological polar surface area (TPSA) is 45.8 Å². The highest BCUT2D eigenvalue weighted by atomic mass is 19.1. The molecule has 4 heteroatoms. The molecular formula is C15H17FN2O. The van der Waals surface area contributed by atoms with Crippen molar-refractivity contribution in [3.8, 4) is 11.3 Å². The Morgan fingerprint density at radius 3 is 2.26 bits per heavy atom. The van der Waals surface area contributed by atoms with Gasteiger partial charge in [-0.2, -0.15) is 0 Å². The molecule has 0 amide bonds. The second-order valence-corrected chi connectivity index (χ2v) is 5.65. The summed E-state index contributed by atoms with van der Waals surface area (Å²) in [4.78, 5) is 19.3. The third-order valence-electron chi connectivity index (χ3n) is 2.98. The minimum absolute atomic E-state index is 0.153. The molecule has 0 aliphatic rings. The molecule has 0 spiro atoms. The number of rotatable bonds is 1. The van der Waals surface area contributed by atoms with Crippen LogP contribution in [0.3, 0.4) is 0 Å². The molecule has 0 bridgehead atoms. The predicted molar refractivity (Wildman–Crippen MR) is 73.7 cm³/mol. The average Bonchev–Trinajstić information content (AvgIpc) is 2.32. The maximum Gasteiger partial charge on any atom is 0.254 e. The summed E-state index contributed by atoms with van der Waals surface area (Å²) in [7, 11) is 0. The first-order valence-corrected chi connectivity index (χ1v) is 6.16. The Morgan fingerprint density at radius 2 is 1.74 bits per heavy atom. The number of hydrogen-bond acceptors (Lipinski definition) is 2. The van der Waals surface area contributed by atoms with Gasteiger partial charge in [0.25, 0.3) is 5.56 Å². The summed E-state index contributed by atoms with van der Waals surface area (Å²) in [6, 6.07) is 6.01. The van der Waals surface area contributed by atoms with Crippen LogP contribution < -0.4 is 5.56 Å². The molecule has 100 valence electrons. The van der Waals surface area contributed by atoms with Gasteiger partial charge in [0.2, 0.25) is 0 Å². The van der Waals surface area contributed by atoms with Gasteiger partial charge in [-0.1, -0.05) is 20.8 Å². The quantitative estimate of drug-likeness (QED) is 0.856. The fourth-order valence-corrected chi connectivity index (χ4v) is 1.78. The minimum atomic E-state index is -0.303. The minimum Gasteiger partial charge on any atom is -0.310 e. The summed E-state index contributed by atoms with van der Waals surface area (Å²) in [5.74, 6) is 0.324. The summed E-state index contributed by atoms with van der Waals surface area (Å²) >= 11 is 0. The molecule has 0 aliphatic heterocycles. The van der Waals surface area contributed by atoms with Crippen molar-refractivity contribution in [1.82, 2.24) is 9.97 Å². The number of nitrogens with one attached hydrogen (secondary N) is 1. The molecule has 1 aromatic heterocycles. The van der Waals surface area contributed by atoms with E-state index in [0.29, 0.717) is 17.1 Å². The average molecular weight is 260 g/mol. The molecular weight excluding hydrogens is 243 g/mol. The van der Waals surface area contributed by atoms with Crippen LogP contribution in [0.25, 0.3) is 11.3 Å². The van der Waals surface area contributed by atoms with Gasteiger partial charge in [0.05, 0.1) is 5.69 Å². The van der Waals surface area contributed by atoms with Gasteiger partial charge in [-0.15, -0.1) is 0 Å². The van der Waals surface area contributed by atoms with E-state index in [-0.39, 0.29) is 16.8 Å². The zero-order valence-electron chi connectivity index (χ0n) is 11.5. The zero-order valence-corrected chi connectivity index (χ0v) is 11.5. The Kier molecular flexibility index (Phi) is 3.27. The van der Waals surface area contributed by atoms with Gasteiger partial charge in [0.1, 0.15) is 11.6 Å². The summed E-state index contributed by atoms with van der Waals surface area (Å²) in [6.07, 6.45) is 0. The lowest BCUT2D eigenvalue weighted by Crippen LogP contribution is -2.24. The Morgan fingerprint density at radius 1 is 1.16 bits per heavy atom. The van der Waals surface area contributed by atoms with E-state index in [1.807, 2.05) is 20.8 Å². The third-order valence-corrected chi connectivity index (χ3v) is 2.98. The molecule has 0 saturated heterocycles. The van der Waals surface area contributed by atoms with Crippen LogP contribution >= 0.6 is 0 Å². The molecule has 0 unspecified atom stereocenters. The summed E-state index contributed by atoms with van der Waals surface area (Å²) in [5.41, 5.74) is 1.49. The number of benzene rings is 1. The first kappa shape index (κ1) is 13.5. The van der Waals surface area contributed by atoms with E-state index in [2.05, 4.69) is 9.97 Å². The van der Waals surface area contributed by atoms with Crippen LogP contribution in [0.4, 0.5) is 4.39 Å². The third kappa shape index (κ3) is 2.72. The smallest absolute Gasteiger partial charge is 0.254 e. The number of aromatic nitrogens is 2. The van der Waals surface area contributed by atoms with Crippen molar-refractivity contribution in [1.29, 1.82) is 0 Å². The van der Waals surface area contributed by atoms with Gasteiger partial charge in [-0.3, -0.25) is 4.79 Å². The van der Waals surface area contributed by atoms with Gasteiger partial charge in [0, 0.05) is 16.5 Å². The fraction of sp³-hybridized carbons (Fsp3) is 0.333. The van der Waals surface area contributed by atoms with Crippen LogP contribution in [0.15, 0.2) is 29.1 Å². The van der Waals surface area contributed by atoms with E-state index in [1.54, 1.807) is 19.1 Å². The first-order valence-electron chi connectivity index (χ1n) is 6.16. The first-order chi connectivity index (χ1) is 8.79. The van der Waals surface area contributed by atoms with Crippen LogP contribution in [0.2, 0.25) is 0 Å². The Hall–Kier alpha value is -1.97. The van der Waals surface area contributed by atoms with Crippen molar-refractivity contribution in [2.75, 3.05) is 0 Å². The zero-order chi connectivity index (χ0) is 14.2. The lowest BCUT2D eigenvalue weighted by Gasteiger charge is -2.18. The van der Waals surface area contributed by atoms with Gasteiger partial charge in [-0.05, 0) is 31.2 Å². The summed E-state index contributed by atoms with van der Waals surface area (Å²) < 4.78 is 13.0. The van der Waals surface area contributed by atoms with E-state index >= 15 is 0 Å². The lowest BCUT2D eigenvalue weighted by atomic mass is 9.95. The monoisotopic (exact) mass is 260 g/mol. The number of aromatic amines is 1. The lowest BCUT2D eigenvalue weighted by molar-refractivity contribution is 0.542. The normalized spacial score (nSPS) is 11.6. The molecule has 0 aliphatic carbocycles. The molecule has 3 nitrogen and oxygen atoms in total. The number of hydrogen-bond donors (Lipinski definition) is 1. The van der Waals surface area contributed by atoms with Crippen molar-refractivity contribution in [3.05, 3.63) is 51.8 Å². The van der Waals surface area contributed by atoms with Crippen molar-refractivity contribution in [2.45, 2.75) is 33.1 Å². The van der Waals surface area contributed by atoms with Crippen molar-refractivity contribution in [2.24, 2.45) is 0 Å². The molecule has 2 rings (SSSR count). The van der Waals surface area contributed by atoms with Crippen LogP contribution in [-0.2, 0) is 5.41 Å². The molecule has 0 atom stereocenters. The standard InChI is InChI=1S/C15H17FN2O/c1-9-12(10-5-7-11(16)8-6-10)17-14(15(2,3)4)18-13(9)19/h5-8H,1-4H3,(H,17,18,19). The molecule has 1 heterocycles. The van der Waals surface area contributed by atoms with Crippen LogP contribution in [0.5, 0.6) is 0 Å². The molecule has 0 saturated carbocycles. The Bertz CT molecular complexity index is 651. The predicted octanol–water partition coefficient (Wildman–Crippen LogP) is 3.18. The van der Waals surface area contributed by atoms with Gasteiger partial charge in [-0.25, -0.2) is 9.37 Å². The molecule has 0 radical (unpaired) electrons.